The Morgan fingerprint density at radius 1 is 0.957 bits per heavy atom. The van der Waals surface area contributed by atoms with E-state index in [9.17, 15) is 4.79 Å². The monoisotopic (exact) mass is 391 g/mol. The Balaban J connectivity index is 1.77. The van der Waals surface area contributed by atoms with Gasteiger partial charge in [0.2, 0.25) is 0 Å². The smallest absolute Gasteiger partial charge is 0.257 e. The van der Waals surface area contributed by atoms with Gasteiger partial charge in [0.15, 0.2) is 6.61 Å². The van der Waals surface area contributed by atoms with Gasteiger partial charge in [0.25, 0.3) is 5.91 Å². The lowest BCUT2D eigenvalue weighted by Gasteiger charge is -2.10. The van der Waals surface area contributed by atoms with Gasteiger partial charge >= 0.3 is 0 Å². The Morgan fingerprint density at radius 2 is 1.61 bits per heavy atom. The van der Waals surface area contributed by atoms with Crippen molar-refractivity contribution < 1.29 is 9.53 Å². The van der Waals surface area contributed by atoms with Gasteiger partial charge in [0.1, 0.15) is 5.75 Å². The molecule has 0 bridgehead atoms. The maximum atomic E-state index is 11.8. The molecule has 0 radical (unpaired) electrons. The second kappa shape index (κ2) is 8.65. The van der Waals surface area contributed by atoms with E-state index in [1.54, 1.807) is 0 Å². The van der Waals surface area contributed by atoms with E-state index in [1.165, 1.54) is 12.1 Å². The molecule has 3 nitrogen and oxygen atoms in total. The van der Waals surface area contributed by atoms with Gasteiger partial charge in [0, 0.05) is 17.6 Å². The molecule has 2 aromatic carbocycles. The number of carbonyl (C=O) groups is 1. The summed E-state index contributed by atoms with van der Waals surface area (Å²) in [5, 5.41) is 4.39. The maximum Gasteiger partial charge on any atom is 0.257 e. The van der Waals surface area contributed by atoms with Crippen molar-refractivity contribution in [1.82, 2.24) is 5.32 Å². The molecule has 0 aromatic heterocycles. The van der Waals surface area contributed by atoms with Crippen molar-refractivity contribution in [2.45, 2.75) is 6.42 Å². The summed E-state index contributed by atoms with van der Waals surface area (Å²) in [5.74, 6) is 0.0648. The summed E-state index contributed by atoms with van der Waals surface area (Å²) in [4.78, 5) is 11.8. The van der Waals surface area contributed by atoms with Crippen LogP contribution in [0.1, 0.15) is 5.56 Å². The summed E-state index contributed by atoms with van der Waals surface area (Å²) in [6.07, 6.45) is 0.705. The standard InChI is InChI=1S/C16H13Cl4NO2/c17-11-3-1-10(2-4-11)5-6-21-16(22)9-23-15-8-13(19)12(18)7-14(15)20/h1-4,7-8H,5-6,9H2,(H,21,22). The molecule has 0 unspecified atom stereocenters. The quantitative estimate of drug-likeness (QED) is 0.699. The van der Waals surface area contributed by atoms with Gasteiger partial charge in [-0.1, -0.05) is 58.5 Å². The van der Waals surface area contributed by atoms with Crippen LogP contribution in [-0.2, 0) is 11.2 Å². The molecule has 0 saturated carbocycles. The van der Waals surface area contributed by atoms with Crippen LogP contribution in [0.25, 0.3) is 0 Å². The van der Waals surface area contributed by atoms with Crippen molar-refractivity contribution in [1.29, 1.82) is 0 Å². The van der Waals surface area contributed by atoms with Crippen molar-refractivity contribution in [2.24, 2.45) is 0 Å². The summed E-state index contributed by atoms with van der Waals surface area (Å²) >= 11 is 23.5. The fourth-order valence-corrected chi connectivity index (χ4v) is 2.52. The SMILES string of the molecule is O=C(COc1cc(Cl)c(Cl)cc1Cl)NCCc1ccc(Cl)cc1. The number of amides is 1. The summed E-state index contributed by atoms with van der Waals surface area (Å²) < 4.78 is 5.35. The zero-order valence-electron chi connectivity index (χ0n) is 11.9. The fourth-order valence-electron chi connectivity index (χ4n) is 1.81. The summed E-state index contributed by atoms with van der Waals surface area (Å²) in [7, 11) is 0. The minimum absolute atomic E-state index is 0.154. The largest absolute Gasteiger partial charge is 0.482 e. The molecule has 2 rings (SSSR count). The van der Waals surface area contributed by atoms with Crippen LogP contribution in [0.4, 0.5) is 0 Å². The molecule has 0 atom stereocenters. The molecule has 0 aliphatic heterocycles. The fraction of sp³-hybridized carbons (Fsp3) is 0.188. The molecule has 0 aliphatic rings. The minimum Gasteiger partial charge on any atom is -0.482 e. The van der Waals surface area contributed by atoms with E-state index in [2.05, 4.69) is 5.32 Å². The highest BCUT2D eigenvalue weighted by Gasteiger charge is 2.09. The average Bonchev–Trinajstić information content (AvgIpc) is 2.51. The molecule has 0 heterocycles. The Kier molecular flexibility index (Phi) is 6.85. The van der Waals surface area contributed by atoms with Crippen LogP contribution < -0.4 is 10.1 Å². The van der Waals surface area contributed by atoms with Crippen molar-refractivity contribution in [3.05, 3.63) is 62.1 Å². The molecular weight excluding hydrogens is 380 g/mol. The maximum absolute atomic E-state index is 11.8. The first-order chi connectivity index (χ1) is 11.0. The van der Waals surface area contributed by atoms with Crippen molar-refractivity contribution in [2.75, 3.05) is 13.2 Å². The van der Waals surface area contributed by atoms with Gasteiger partial charge in [0.05, 0.1) is 15.1 Å². The molecule has 1 N–H and O–H groups in total. The highest BCUT2D eigenvalue weighted by Crippen LogP contribution is 2.33. The van der Waals surface area contributed by atoms with E-state index in [-0.39, 0.29) is 12.5 Å². The third kappa shape index (κ3) is 5.78. The Labute approximate surface area is 154 Å². The number of carbonyl (C=O) groups excluding carboxylic acids is 1. The van der Waals surface area contributed by atoms with E-state index in [1.807, 2.05) is 24.3 Å². The summed E-state index contributed by atoms with van der Waals surface area (Å²) in [6, 6.07) is 10.4. The molecule has 0 fully saturated rings. The normalized spacial score (nSPS) is 10.4. The van der Waals surface area contributed by atoms with E-state index in [4.69, 9.17) is 51.1 Å². The average molecular weight is 393 g/mol. The van der Waals surface area contributed by atoms with Crippen LogP contribution in [-0.4, -0.2) is 19.1 Å². The second-order valence-electron chi connectivity index (χ2n) is 4.71. The molecule has 7 heteroatoms. The number of halogens is 4. The molecule has 2 aromatic rings. The van der Waals surface area contributed by atoms with Crippen molar-refractivity contribution >= 4 is 52.3 Å². The van der Waals surface area contributed by atoms with Crippen LogP contribution in [0, 0.1) is 0 Å². The number of rotatable bonds is 6. The third-order valence-corrected chi connectivity index (χ3v) is 4.25. The summed E-state index contributed by atoms with van der Waals surface area (Å²) in [5.41, 5.74) is 1.09. The zero-order chi connectivity index (χ0) is 16.8. The predicted octanol–water partition coefficient (Wildman–Crippen LogP) is 5.04. The lowest BCUT2D eigenvalue weighted by molar-refractivity contribution is -0.123. The van der Waals surface area contributed by atoms with Gasteiger partial charge in [-0.3, -0.25) is 4.79 Å². The van der Waals surface area contributed by atoms with Crippen LogP contribution >= 0.6 is 46.4 Å². The van der Waals surface area contributed by atoms with Crippen molar-refractivity contribution in [3.8, 4) is 5.75 Å². The third-order valence-electron chi connectivity index (χ3n) is 2.98. The highest BCUT2D eigenvalue weighted by atomic mass is 35.5. The number of ether oxygens (including phenoxy) is 1. The van der Waals surface area contributed by atoms with Crippen LogP contribution in [0.5, 0.6) is 5.75 Å². The van der Waals surface area contributed by atoms with E-state index < -0.39 is 0 Å². The first-order valence-corrected chi connectivity index (χ1v) is 8.25. The van der Waals surface area contributed by atoms with Crippen LogP contribution in [0.2, 0.25) is 20.1 Å². The number of nitrogens with one attached hydrogen (secondary N) is 1. The van der Waals surface area contributed by atoms with Crippen LogP contribution in [0.15, 0.2) is 36.4 Å². The van der Waals surface area contributed by atoms with Gasteiger partial charge < -0.3 is 10.1 Å². The first kappa shape index (κ1) is 18.2. The lowest BCUT2D eigenvalue weighted by atomic mass is 10.1. The lowest BCUT2D eigenvalue weighted by Crippen LogP contribution is -2.30. The Bertz CT molecular complexity index is 689. The van der Waals surface area contributed by atoms with Crippen LogP contribution in [0.3, 0.4) is 0 Å². The summed E-state index contributed by atoms with van der Waals surface area (Å²) in [6.45, 7) is 0.344. The van der Waals surface area contributed by atoms with Gasteiger partial charge in [-0.15, -0.1) is 0 Å². The topological polar surface area (TPSA) is 38.3 Å². The second-order valence-corrected chi connectivity index (χ2v) is 6.37. The molecular formula is C16H13Cl4NO2. The highest BCUT2D eigenvalue weighted by molar-refractivity contribution is 6.43. The minimum atomic E-state index is -0.249. The Hall–Kier alpha value is -1.13. The van der Waals surface area contributed by atoms with E-state index >= 15 is 0 Å². The Morgan fingerprint density at radius 3 is 2.30 bits per heavy atom. The van der Waals surface area contributed by atoms with Crippen molar-refractivity contribution in [3.63, 3.8) is 0 Å². The first-order valence-electron chi connectivity index (χ1n) is 6.74. The zero-order valence-corrected chi connectivity index (χ0v) is 14.9. The molecule has 0 aliphatic carbocycles. The van der Waals surface area contributed by atoms with Gasteiger partial charge in [-0.2, -0.15) is 0 Å². The molecule has 23 heavy (non-hydrogen) atoms. The molecule has 0 saturated heterocycles. The predicted molar refractivity (Wildman–Crippen MR) is 95.1 cm³/mol. The van der Waals surface area contributed by atoms with E-state index in [0.29, 0.717) is 38.8 Å². The molecule has 122 valence electrons. The number of hydrogen-bond acceptors (Lipinski definition) is 2. The van der Waals surface area contributed by atoms with Gasteiger partial charge in [-0.05, 0) is 30.2 Å². The number of hydrogen-bond donors (Lipinski definition) is 1. The number of benzene rings is 2. The molecule has 0 spiro atoms. The van der Waals surface area contributed by atoms with Gasteiger partial charge in [-0.25, -0.2) is 0 Å². The molecule has 1 amide bonds. The van der Waals surface area contributed by atoms with E-state index in [0.717, 1.165) is 5.56 Å².